The summed E-state index contributed by atoms with van der Waals surface area (Å²) >= 11 is 0. The third-order valence-corrected chi connectivity index (χ3v) is 5.96. The lowest BCUT2D eigenvalue weighted by molar-refractivity contribution is 0.0814. The maximum absolute atomic E-state index is 13.4. The molecule has 0 saturated heterocycles. The summed E-state index contributed by atoms with van der Waals surface area (Å²) in [6.07, 6.45) is 5.04. The van der Waals surface area contributed by atoms with Gasteiger partial charge in [-0.15, -0.1) is 0 Å². The van der Waals surface area contributed by atoms with Gasteiger partial charge in [-0.3, -0.25) is 19.0 Å². The first-order chi connectivity index (χ1) is 14.5. The Morgan fingerprint density at radius 2 is 1.74 bits per heavy atom. The Kier molecular flexibility index (Phi) is 6.48. The van der Waals surface area contributed by atoms with Crippen LogP contribution >= 0.6 is 0 Å². The van der Waals surface area contributed by atoms with Crippen molar-refractivity contribution in [1.82, 2.24) is 19.6 Å². The molecule has 8 heteroatoms. The molecule has 0 atom stereocenters. The first kappa shape index (κ1) is 23.3. The van der Waals surface area contributed by atoms with Gasteiger partial charge in [0.05, 0.1) is 11.7 Å². The number of halogens is 2. The Hall–Kier alpha value is -2.38. The van der Waals surface area contributed by atoms with Gasteiger partial charge in [-0.05, 0) is 31.4 Å². The lowest BCUT2D eigenvalue weighted by atomic mass is 9.81. The second-order valence-corrected chi connectivity index (χ2v) is 10.1. The van der Waals surface area contributed by atoms with Gasteiger partial charge >= 0.3 is 0 Å². The van der Waals surface area contributed by atoms with Crippen LogP contribution in [0, 0.1) is 10.8 Å². The fourth-order valence-electron chi connectivity index (χ4n) is 3.83. The van der Waals surface area contributed by atoms with Crippen LogP contribution in [-0.2, 0) is 6.42 Å². The molecule has 0 amide bonds. The van der Waals surface area contributed by atoms with Crippen molar-refractivity contribution in [2.24, 2.45) is 10.8 Å². The van der Waals surface area contributed by atoms with E-state index in [1.165, 1.54) is 0 Å². The van der Waals surface area contributed by atoms with Crippen LogP contribution in [0.15, 0.2) is 18.3 Å². The van der Waals surface area contributed by atoms with Crippen LogP contribution in [0.4, 0.5) is 8.78 Å². The minimum absolute atomic E-state index is 0.0670. The van der Waals surface area contributed by atoms with Gasteiger partial charge in [0.25, 0.3) is 0 Å². The molecule has 170 valence electrons. The molecule has 0 aliphatic heterocycles. The van der Waals surface area contributed by atoms with Gasteiger partial charge in [-0.25, -0.2) is 8.78 Å². The largest absolute Gasteiger partial charge is 0.292 e. The standard InChI is InChI=1S/C23H32F2N4O2/c1-22(2,3)20(30)19-11-15(27-29(19)17(13-24)14-25)12-23(4,5)21(31)18-9-10-26-28(18)16-7-6-8-16/h9-11,16-17H,6-8,12-14H2,1-5H3. The summed E-state index contributed by atoms with van der Waals surface area (Å²) in [6.45, 7) is 6.96. The highest BCUT2D eigenvalue weighted by molar-refractivity contribution is 5.99. The number of hydrogen-bond donors (Lipinski definition) is 0. The van der Waals surface area contributed by atoms with E-state index in [-0.39, 0.29) is 29.7 Å². The number of carbonyl (C=O) groups excluding carboxylic acids is 2. The predicted molar refractivity (Wildman–Crippen MR) is 114 cm³/mol. The van der Waals surface area contributed by atoms with E-state index in [1.54, 1.807) is 39.1 Å². The quantitative estimate of drug-likeness (QED) is 0.523. The fourth-order valence-corrected chi connectivity index (χ4v) is 3.83. The van der Waals surface area contributed by atoms with Gasteiger partial charge in [0.2, 0.25) is 0 Å². The molecule has 2 aromatic heterocycles. The molecule has 3 rings (SSSR count). The minimum Gasteiger partial charge on any atom is -0.292 e. The van der Waals surface area contributed by atoms with E-state index >= 15 is 0 Å². The van der Waals surface area contributed by atoms with Crippen LogP contribution in [0.1, 0.15) is 92.6 Å². The van der Waals surface area contributed by atoms with E-state index in [9.17, 15) is 18.4 Å². The predicted octanol–water partition coefficient (Wildman–Crippen LogP) is 4.97. The lowest BCUT2D eigenvalue weighted by Gasteiger charge is -2.29. The van der Waals surface area contributed by atoms with Crippen LogP contribution in [0.3, 0.4) is 0 Å². The number of carbonyl (C=O) groups is 2. The topological polar surface area (TPSA) is 69.8 Å². The van der Waals surface area contributed by atoms with Crippen molar-refractivity contribution in [2.75, 3.05) is 13.3 Å². The van der Waals surface area contributed by atoms with Crippen molar-refractivity contribution < 1.29 is 18.4 Å². The molecule has 1 aliphatic carbocycles. The van der Waals surface area contributed by atoms with Crippen molar-refractivity contribution in [2.45, 2.75) is 72.4 Å². The Labute approximate surface area is 182 Å². The fraction of sp³-hybridized carbons (Fsp3) is 0.652. The van der Waals surface area contributed by atoms with E-state index < -0.39 is 30.2 Å². The molecule has 31 heavy (non-hydrogen) atoms. The van der Waals surface area contributed by atoms with Crippen molar-refractivity contribution in [1.29, 1.82) is 0 Å². The van der Waals surface area contributed by atoms with Gasteiger partial charge < -0.3 is 0 Å². The molecule has 0 radical (unpaired) electrons. The summed E-state index contributed by atoms with van der Waals surface area (Å²) in [7, 11) is 0. The number of hydrogen-bond acceptors (Lipinski definition) is 4. The molecule has 6 nitrogen and oxygen atoms in total. The number of nitrogens with zero attached hydrogens (tertiary/aromatic N) is 4. The molecule has 2 aromatic rings. The highest BCUT2D eigenvalue weighted by atomic mass is 19.1. The number of aromatic nitrogens is 4. The molecule has 1 aliphatic rings. The second-order valence-electron chi connectivity index (χ2n) is 10.1. The zero-order chi connectivity index (χ0) is 23.0. The van der Waals surface area contributed by atoms with Gasteiger partial charge in [0.15, 0.2) is 11.6 Å². The summed E-state index contributed by atoms with van der Waals surface area (Å²) in [6, 6.07) is 2.41. The molecule has 0 bridgehead atoms. The lowest BCUT2D eigenvalue weighted by Crippen LogP contribution is -2.31. The summed E-state index contributed by atoms with van der Waals surface area (Å²) in [4.78, 5) is 26.2. The first-order valence-corrected chi connectivity index (χ1v) is 10.8. The average Bonchev–Trinajstić information content (AvgIpc) is 3.26. The van der Waals surface area contributed by atoms with Crippen molar-refractivity contribution in [3.63, 3.8) is 0 Å². The zero-order valence-corrected chi connectivity index (χ0v) is 19.0. The number of ketones is 2. The van der Waals surface area contributed by atoms with Gasteiger partial charge in [-0.2, -0.15) is 10.2 Å². The van der Waals surface area contributed by atoms with E-state index in [2.05, 4.69) is 10.2 Å². The van der Waals surface area contributed by atoms with Gasteiger partial charge in [0, 0.05) is 23.4 Å². The molecule has 0 N–H and O–H groups in total. The molecule has 2 heterocycles. The van der Waals surface area contributed by atoms with E-state index in [0.29, 0.717) is 11.4 Å². The summed E-state index contributed by atoms with van der Waals surface area (Å²) in [5.74, 6) is -0.312. The van der Waals surface area contributed by atoms with Crippen LogP contribution in [0.2, 0.25) is 0 Å². The molecule has 0 aromatic carbocycles. The molecule has 0 unspecified atom stereocenters. The van der Waals surface area contributed by atoms with Gasteiger partial charge in [0.1, 0.15) is 30.8 Å². The average molecular weight is 435 g/mol. The normalized spacial score (nSPS) is 15.4. The Balaban J connectivity index is 1.91. The minimum atomic E-state index is -1.16. The Bertz CT molecular complexity index is 947. The molecular formula is C23H32F2N4O2. The third-order valence-electron chi connectivity index (χ3n) is 5.96. The van der Waals surface area contributed by atoms with Crippen molar-refractivity contribution in [3.8, 4) is 0 Å². The Morgan fingerprint density at radius 3 is 2.26 bits per heavy atom. The van der Waals surface area contributed by atoms with Crippen LogP contribution < -0.4 is 0 Å². The molecule has 1 saturated carbocycles. The second kappa shape index (κ2) is 8.63. The summed E-state index contributed by atoms with van der Waals surface area (Å²) < 4.78 is 29.8. The van der Waals surface area contributed by atoms with E-state index in [1.807, 2.05) is 18.5 Å². The number of alkyl halides is 2. The van der Waals surface area contributed by atoms with Crippen LogP contribution in [-0.4, -0.2) is 44.5 Å². The van der Waals surface area contributed by atoms with Crippen molar-refractivity contribution in [3.05, 3.63) is 35.4 Å². The number of Topliss-reactive ketones (excluding diaryl/α,β-unsaturated/α-hetero) is 2. The van der Waals surface area contributed by atoms with Crippen LogP contribution in [0.25, 0.3) is 0 Å². The molecular weight excluding hydrogens is 402 g/mol. The van der Waals surface area contributed by atoms with Crippen LogP contribution in [0.5, 0.6) is 0 Å². The third kappa shape index (κ3) is 4.62. The van der Waals surface area contributed by atoms with E-state index in [4.69, 9.17) is 0 Å². The summed E-state index contributed by atoms with van der Waals surface area (Å²) in [5.41, 5.74) is -0.361. The maximum atomic E-state index is 13.4. The highest BCUT2D eigenvalue weighted by Crippen LogP contribution is 2.35. The van der Waals surface area contributed by atoms with Gasteiger partial charge in [-0.1, -0.05) is 34.6 Å². The smallest absolute Gasteiger partial charge is 0.186 e. The van der Waals surface area contributed by atoms with E-state index in [0.717, 1.165) is 23.9 Å². The maximum Gasteiger partial charge on any atom is 0.186 e. The molecule has 0 spiro atoms. The monoisotopic (exact) mass is 434 g/mol. The summed E-state index contributed by atoms with van der Waals surface area (Å²) in [5, 5.41) is 8.70. The molecule has 1 fully saturated rings. The SMILES string of the molecule is CC(C)(C)C(=O)c1cc(CC(C)(C)C(=O)c2ccnn2C2CCC2)nn1C(CF)CF. The highest BCUT2D eigenvalue weighted by Gasteiger charge is 2.36. The number of rotatable bonds is 9. The Morgan fingerprint density at radius 1 is 1.10 bits per heavy atom. The first-order valence-electron chi connectivity index (χ1n) is 10.8. The zero-order valence-electron chi connectivity index (χ0n) is 19.0. The van der Waals surface area contributed by atoms with Crippen molar-refractivity contribution >= 4 is 11.6 Å².